The zero-order valence-corrected chi connectivity index (χ0v) is 17.3. The van der Waals surface area contributed by atoms with Crippen LogP contribution >= 0.6 is 0 Å². The fraction of sp³-hybridized carbons (Fsp3) is 0.700. The maximum absolute atomic E-state index is 13.0. The largest absolute Gasteiger partial charge is 0.337 e. The molecule has 7 nitrogen and oxygen atoms in total. The number of hydrogen-bond donors (Lipinski definition) is 0. The summed E-state index contributed by atoms with van der Waals surface area (Å²) in [6.45, 7) is 3.09. The zero-order chi connectivity index (χ0) is 19.6. The normalized spacial score (nSPS) is 22.5. The third-order valence-corrected chi connectivity index (χ3v) is 8.16. The first kappa shape index (κ1) is 19.8. The predicted octanol–water partition coefficient (Wildman–Crippen LogP) is 1.84. The van der Waals surface area contributed by atoms with Gasteiger partial charge in [-0.25, -0.2) is 0 Å². The second-order valence-electron chi connectivity index (χ2n) is 8.05. The lowest BCUT2D eigenvalue weighted by atomic mass is 9.95. The summed E-state index contributed by atoms with van der Waals surface area (Å²) in [4.78, 5) is 19.3. The number of nitrogens with zero attached hydrogens (tertiary/aromatic N) is 4. The molecule has 0 aromatic carbocycles. The van der Waals surface area contributed by atoms with Crippen molar-refractivity contribution in [1.29, 1.82) is 0 Å². The Hall–Kier alpha value is -1.51. The van der Waals surface area contributed by atoms with Crippen molar-refractivity contribution in [2.24, 2.45) is 0 Å². The zero-order valence-electron chi connectivity index (χ0n) is 16.5. The van der Waals surface area contributed by atoms with Gasteiger partial charge in [-0.15, -0.1) is 0 Å². The lowest BCUT2D eigenvalue weighted by molar-refractivity contribution is 0.0763. The van der Waals surface area contributed by atoms with Gasteiger partial charge in [0.1, 0.15) is 0 Å². The van der Waals surface area contributed by atoms with Gasteiger partial charge in [0, 0.05) is 51.2 Å². The number of pyridine rings is 1. The molecule has 0 unspecified atom stereocenters. The van der Waals surface area contributed by atoms with Gasteiger partial charge in [0.25, 0.3) is 16.1 Å². The monoisotopic (exact) mass is 406 g/mol. The molecule has 0 spiro atoms. The van der Waals surface area contributed by atoms with Crippen molar-refractivity contribution in [2.45, 2.75) is 51.4 Å². The minimum atomic E-state index is -3.42. The number of hydrogen-bond acceptors (Lipinski definition) is 4. The summed E-state index contributed by atoms with van der Waals surface area (Å²) < 4.78 is 29.1. The smallest absolute Gasteiger partial charge is 0.282 e. The molecule has 3 heterocycles. The van der Waals surface area contributed by atoms with Crippen LogP contribution in [0.1, 0.15) is 60.1 Å². The molecule has 2 aliphatic heterocycles. The minimum Gasteiger partial charge on any atom is -0.337 e. The van der Waals surface area contributed by atoms with Crippen LogP contribution < -0.4 is 0 Å². The number of aromatic nitrogens is 1. The van der Waals surface area contributed by atoms with E-state index in [1.807, 2.05) is 6.07 Å². The quantitative estimate of drug-likeness (QED) is 0.768. The van der Waals surface area contributed by atoms with Gasteiger partial charge in [-0.05, 0) is 56.6 Å². The van der Waals surface area contributed by atoms with Crippen LogP contribution in [-0.4, -0.2) is 72.1 Å². The molecule has 1 amide bonds. The second-order valence-corrected chi connectivity index (χ2v) is 9.98. The molecule has 2 saturated heterocycles. The van der Waals surface area contributed by atoms with Gasteiger partial charge < -0.3 is 4.90 Å². The molecule has 0 N–H and O–H groups in total. The Morgan fingerprint density at radius 1 is 0.821 bits per heavy atom. The number of piperidine rings is 1. The first-order chi connectivity index (χ1) is 13.6. The van der Waals surface area contributed by atoms with Crippen LogP contribution in [-0.2, 0) is 23.1 Å². The molecule has 3 aliphatic rings. The van der Waals surface area contributed by atoms with Gasteiger partial charge in [-0.2, -0.15) is 17.0 Å². The van der Waals surface area contributed by atoms with Gasteiger partial charge in [0.05, 0.1) is 5.56 Å². The molecular weight excluding hydrogens is 376 g/mol. The van der Waals surface area contributed by atoms with Crippen molar-refractivity contribution in [2.75, 3.05) is 39.3 Å². The topological polar surface area (TPSA) is 73.8 Å². The summed E-state index contributed by atoms with van der Waals surface area (Å²) in [5, 5.41) is 0. The van der Waals surface area contributed by atoms with Crippen LogP contribution in [0.5, 0.6) is 0 Å². The van der Waals surface area contributed by atoms with Crippen LogP contribution in [0.3, 0.4) is 0 Å². The Kier molecular flexibility index (Phi) is 5.99. The van der Waals surface area contributed by atoms with Crippen molar-refractivity contribution in [1.82, 2.24) is 18.5 Å². The number of rotatable bonds is 3. The van der Waals surface area contributed by atoms with Gasteiger partial charge >= 0.3 is 0 Å². The van der Waals surface area contributed by atoms with Crippen LogP contribution in [0, 0.1) is 0 Å². The van der Waals surface area contributed by atoms with E-state index >= 15 is 0 Å². The van der Waals surface area contributed by atoms with Crippen LogP contribution in [0.25, 0.3) is 0 Å². The minimum absolute atomic E-state index is 0.0295. The molecule has 1 aromatic heterocycles. The number of fused-ring (bicyclic) bond motifs is 1. The van der Waals surface area contributed by atoms with Crippen LogP contribution in [0.2, 0.25) is 0 Å². The Labute approximate surface area is 167 Å². The summed E-state index contributed by atoms with van der Waals surface area (Å²) in [6.07, 6.45) is 9.63. The average molecular weight is 407 g/mol. The fourth-order valence-corrected chi connectivity index (χ4v) is 6.19. The lowest BCUT2D eigenvalue weighted by Crippen LogP contribution is -2.47. The highest BCUT2D eigenvalue weighted by Gasteiger charge is 2.32. The molecule has 1 aromatic rings. The third kappa shape index (κ3) is 4.09. The van der Waals surface area contributed by atoms with E-state index in [0.29, 0.717) is 51.3 Å². The summed E-state index contributed by atoms with van der Waals surface area (Å²) in [6, 6.07) is 2.00. The van der Waals surface area contributed by atoms with Crippen molar-refractivity contribution in [3.63, 3.8) is 0 Å². The first-order valence-electron chi connectivity index (χ1n) is 10.6. The van der Waals surface area contributed by atoms with Crippen molar-refractivity contribution in [3.8, 4) is 0 Å². The van der Waals surface area contributed by atoms with E-state index in [1.54, 1.807) is 19.7 Å². The van der Waals surface area contributed by atoms with Crippen molar-refractivity contribution >= 4 is 16.1 Å². The van der Waals surface area contributed by atoms with E-state index in [1.165, 1.54) is 12.0 Å². The molecule has 0 atom stereocenters. The van der Waals surface area contributed by atoms with E-state index in [4.69, 9.17) is 0 Å². The Morgan fingerprint density at radius 2 is 1.54 bits per heavy atom. The highest BCUT2D eigenvalue weighted by molar-refractivity contribution is 7.86. The molecule has 0 saturated carbocycles. The van der Waals surface area contributed by atoms with E-state index in [2.05, 4.69) is 4.98 Å². The molecule has 28 heavy (non-hydrogen) atoms. The van der Waals surface area contributed by atoms with Crippen LogP contribution in [0.4, 0.5) is 0 Å². The SMILES string of the molecule is O=C(c1cnc2c(c1)CCCC2)N1CCCN(S(=O)(=O)N2CCCCC2)CC1. The number of carbonyl (C=O) groups is 1. The summed E-state index contributed by atoms with van der Waals surface area (Å²) in [5.74, 6) is -0.0295. The first-order valence-corrected chi connectivity index (χ1v) is 12.0. The summed E-state index contributed by atoms with van der Waals surface area (Å²) in [5.41, 5.74) is 2.95. The Bertz CT molecular complexity index is 821. The van der Waals surface area contributed by atoms with E-state index in [0.717, 1.165) is 44.2 Å². The van der Waals surface area contributed by atoms with Gasteiger partial charge in [-0.3, -0.25) is 9.78 Å². The molecule has 2 fully saturated rings. The third-order valence-electron chi connectivity index (χ3n) is 6.13. The summed E-state index contributed by atoms with van der Waals surface area (Å²) in [7, 11) is -3.42. The Morgan fingerprint density at radius 3 is 2.36 bits per heavy atom. The predicted molar refractivity (Wildman–Crippen MR) is 107 cm³/mol. The van der Waals surface area contributed by atoms with E-state index in [-0.39, 0.29) is 5.91 Å². The molecule has 154 valence electrons. The van der Waals surface area contributed by atoms with Crippen molar-refractivity contribution in [3.05, 3.63) is 29.1 Å². The molecule has 4 rings (SSSR count). The van der Waals surface area contributed by atoms with Crippen molar-refractivity contribution < 1.29 is 13.2 Å². The van der Waals surface area contributed by atoms with Crippen LogP contribution in [0.15, 0.2) is 12.3 Å². The lowest BCUT2D eigenvalue weighted by Gasteiger charge is -2.31. The van der Waals surface area contributed by atoms with Gasteiger partial charge in [0.15, 0.2) is 0 Å². The van der Waals surface area contributed by atoms with Gasteiger partial charge in [0.2, 0.25) is 0 Å². The number of carbonyl (C=O) groups excluding carboxylic acids is 1. The Balaban J connectivity index is 1.43. The molecule has 1 aliphatic carbocycles. The maximum Gasteiger partial charge on any atom is 0.282 e. The summed E-state index contributed by atoms with van der Waals surface area (Å²) >= 11 is 0. The highest BCUT2D eigenvalue weighted by atomic mass is 32.2. The van der Waals surface area contributed by atoms with E-state index < -0.39 is 10.2 Å². The maximum atomic E-state index is 13.0. The molecule has 8 heteroatoms. The fourth-order valence-electron chi connectivity index (χ4n) is 4.47. The molecule has 0 radical (unpaired) electrons. The number of aryl methyl sites for hydroxylation is 2. The molecule has 0 bridgehead atoms. The standard InChI is InChI=1S/C20H30N4O3S/c25-20(18-15-17-7-2-3-8-19(17)21-16-18)22-9-6-12-24(14-13-22)28(26,27)23-10-4-1-5-11-23/h15-16H,1-14H2. The van der Waals surface area contributed by atoms with E-state index in [9.17, 15) is 13.2 Å². The highest BCUT2D eigenvalue weighted by Crippen LogP contribution is 2.22. The molecular formula is C20H30N4O3S. The second kappa shape index (κ2) is 8.47. The number of amides is 1. The average Bonchev–Trinajstić information content (AvgIpc) is 3.00. The van der Waals surface area contributed by atoms with Gasteiger partial charge in [-0.1, -0.05) is 6.42 Å².